The topological polar surface area (TPSA) is 85.8 Å². The summed E-state index contributed by atoms with van der Waals surface area (Å²) >= 11 is 1.35. The normalized spacial score (nSPS) is 10.5. The monoisotopic (exact) mass is 299 g/mol. The van der Waals surface area contributed by atoms with Crippen molar-refractivity contribution in [2.45, 2.75) is 6.92 Å². The van der Waals surface area contributed by atoms with Gasteiger partial charge in [-0.2, -0.15) is 5.10 Å². The van der Waals surface area contributed by atoms with E-state index in [2.05, 4.69) is 15.4 Å². The van der Waals surface area contributed by atoms with E-state index >= 15 is 0 Å². The summed E-state index contributed by atoms with van der Waals surface area (Å²) in [6.07, 6.45) is 3.20. The quantitative estimate of drug-likeness (QED) is 0.727. The number of carbonyl (C=O) groups is 1. The van der Waals surface area contributed by atoms with Gasteiger partial charge in [0.15, 0.2) is 0 Å². The number of aryl methyl sites for hydroxylation is 1. The fourth-order valence-electron chi connectivity index (χ4n) is 1.86. The van der Waals surface area contributed by atoms with Crippen LogP contribution in [0.15, 0.2) is 42.7 Å². The highest BCUT2D eigenvalue weighted by Crippen LogP contribution is 2.18. The molecule has 0 aliphatic rings. The van der Waals surface area contributed by atoms with Gasteiger partial charge in [0.1, 0.15) is 10.7 Å². The molecule has 2 aromatic heterocycles. The number of nitrogens with two attached hydrogens (primary N) is 1. The lowest BCUT2D eigenvalue weighted by Gasteiger charge is -2.08. The molecule has 0 spiro atoms. The second-order valence-electron chi connectivity index (χ2n) is 4.42. The molecule has 1 aromatic carbocycles. The van der Waals surface area contributed by atoms with Crippen LogP contribution in [-0.4, -0.2) is 20.7 Å². The molecule has 0 saturated carbocycles. The van der Waals surface area contributed by atoms with E-state index in [1.165, 1.54) is 11.3 Å². The Morgan fingerprint density at radius 3 is 2.71 bits per heavy atom. The molecule has 1 amide bonds. The smallest absolute Gasteiger partial charge is 0.268 e. The summed E-state index contributed by atoms with van der Waals surface area (Å²) in [5.74, 6) is 0.397. The molecule has 3 rings (SSSR count). The minimum atomic E-state index is -0.196. The molecule has 7 heteroatoms. The molecule has 0 aliphatic heterocycles. The molecule has 0 atom stereocenters. The van der Waals surface area contributed by atoms with E-state index in [-0.39, 0.29) is 5.91 Å². The zero-order chi connectivity index (χ0) is 14.8. The molecule has 0 aliphatic carbocycles. The van der Waals surface area contributed by atoms with Crippen molar-refractivity contribution in [3.05, 3.63) is 52.6 Å². The molecular formula is C14H13N5OS. The van der Waals surface area contributed by atoms with Crippen molar-refractivity contribution in [3.63, 3.8) is 0 Å². The van der Waals surface area contributed by atoms with Crippen molar-refractivity contribution < 1.29 is 4.79 Å². The van der Waals surface area contributed by atoms with Gasteiger partial charge >= 0.3 is 0 Å². The lowest BCUT2D eigenvalue weighted by molar-refractivity contribution is 0.102. The maximum Gasteiger partial charge on any atom is 0.268 e. The Morgan fingerprint density at radius 1 is 1.29 bits per heavy atom. The third kappa shape index (κ3) is 2.77. The third-order valence-corrected chi connectivity index (χ3v) is 3.78. The summed E-state index contributed by atoms with van der Waals surface area (Å²) in [5, 5.41) is 7.90. The number of amides is 1. The van der Waals surface area contributed by atoms with Crippen LogP contribution in [0.5, 0.6) is 0 Å². The van der Waals surface area contributed by atoms with Crippen LogP contribution >= 0.6 is 11.3 Å². The molecule has 2 heterocycles. The van der Waals surface area contributed by atoms with E-state index in [4.69, 9.17) is 5.73 Å². The largest absolute Gasteiger partial charge is 0.399 e. The standard InChI is InChI=1S/C14H13N5OS/c1-9-16-8-12(21-9)14(20)18-13-6-7-17-19(13)11-4-2-10(15)3-5-11/h2-8H,15H2,1H3,(H,18,20). The van der Waals surface area contributed by atoms with Crippen LogP contribution in [0.25, 0.3) is 5.69 Å². The highest BCUT2D eigenvalue weighted by Gasteiger charge is 2.12. The fourth-order valence-corrected chi connectivity index (χ4v) is 2.54. The minimum Gasteiger partial charge on any atom is -0.399 e. The molecule has 3 aromatic rings. The summed E-state index contributed by atoms with van der Waals surface area (Å²) in [7, 11) is 0. The Morgan fingerprint density at radius 2 is 2.05 bits per heavy atom. The number of aromatic nitrogens is 3. The van der Waals surface area contributed by atoms with Crippen LogP contribution < -0.4 is 11.1 Å². The van der Waals surface area contributed by atoms with Gasteiger partial charge in [-0.3, -0.25) is 4.79 Å². The fraction of sp³-hybridized carbons (Fsp3) is 0.0714. The number of benzene rings is 1. The minimum absolute atomic E-state index is 0.196. The van der Waals surface area contributed by atoms with Crippen molar-refractivity contribution >= 4 is 28.7 Å². The van der Waals surface area contributed by atoms with E-state index in [1.807, 2.05) is 19.1 Å². The van der Waals surface area contributed by atoms with Crippen LogP contribution in [0.3, 0.4) is 0 Å². The number of nitrogens with one attached hydrogen (secondary N) is 1. The third-order valence-electron chi connectivity index (χ3n) is 2.87. The Bertz CT molecular complexity index is 775. The highest BCUT2D eigenvalue weighted by molar-refractivity contribution is 7.13. The van der Waals surface area contributed by atoms with E-state index in [0.29, 0.717) is 16.4 Å². The predicted octanol–water partition coefficient (Wildman–Crippen LogP) is 2.47. The van der Waals surface area contributed by atoms with Gasteiger partial charge in [0, 0.05) is 11.8 Å². The number of nitrogen functional groups attached to an aromatic ring is 1. The van der Waals surface area contributed by atoms with Crippen LogP contribution in [0, 0.1) is 6.92 Å². The molecule has 0 fully saturated rings. The van der Waals surface area contributed by atoms with E-state index < -0.39 is 0 Å². The molecular weight excluding hydrogens is 286 g/mol. The second-order valence-corrected chi connectivity index (χ2v) is 5.65. The number of carbonyl (C=O) groups excluding carboxylic acids is 1. The number of thiazole rings is 1. The Kier molecular flexibility index (Phi) is 3.41. The average Bonchev–Trinajstić information content (AvgIpc) is 3.09. The number of anilines is 2. The first-order chi connectivity index (χ1) is 10.1. The molecule has 3 N–H and O–H groups in total. The van der Waals surface area contributed by atoms with Crippen molar-refractivity contribution in [1.82, 2.24) is 14.8 Å². The first kappa shape index (κ1) is 13.3. The maximum absolute atomic E-state index is 12.2. The van der Waals surface area contributed by atoms with Crippen molar-refractivity contribution in [2.24, 2.45) is 0 Å². The van der Waals surface area contributed by atoms with E-state index in [0.717, 1.165) is 10.7 Å². The van der Waals surface area contributed by atoms with Crippen LogP contribution in [0.1, 0.15) is 14.7 Å². The second kappa shape index (κ2) is 5.37. The average molecular weight is 299 g/mol. The number of rotatable bonds is 3. The van der Waals surface area contributed by atoms with Crippen LogP contribution in [-0.2, 0) is 0 Å². The lowest BCUT2D eigenvalue weighted by Crippen LogP contribution is -2.14. The van der Waals surface area contributed by atoms with Crippen LogP contribution in [0.4, 0.5) is 11.5 Å². The van der Waals surface area contributed by atoms with Gasteiger partial charge in [-0.15, -0.1) is 11.3 Å². The summed E-state index contributed by atoms with van der Waals surface area (Å²) in [4.78, 5) is 16.8. The summed E-state index contributed by atoms with van der Waals surface area (Å²) in [6.45, 7) is 1.86. The molecule has 6 nitrogen and oxygen atoms in total. The van der Waals surface area contributed by atoms with Crippen molar-refractivity contribution in [2.75, 3.05) is 11.1 Å². The number of nitrogens with zero attached hydrogens (tertiary/aromatic N) is 3. The van der Waals surface area contributed by atoms with Gasteiger partial charge in [0.05, 0.1) is 23.1 Å². The van der Waals surface area contributed by atoms with Crippen molar-refractivity contribution in [1.29, 1.82) is 0 Å². The lowest BCUT2D eigenvalue weighted by atomic mass is 10.3. The summed E-state index contributed by atoms with van der Waals surface area (Å²) in [5.41, 5.74) is 7.17. The number of hydrogen-bond acceptors (Lipinski definition) is 5. The predicted molar refractivity (Wildman–Crippen MR) is 82.8 cm³/mol. The zero-order valence-corrected chi connectivity index (χ0v) is 12.1. The zero-order valence-electron chi connectivity index (χ0n) is 11.3. The molecule has 21 heavy (non-hydrogen) atoms. The summed E-state index contributed by atoms with van der Waals surface area (Å²) in [6, 6.07) is 9.00. The van der Waals surface area contributed by atoms with Crippen molar-refractivity contribution in [3.8, 4) is 5.69 Å². The van der Waals surface area contributed by atoms with E-state index in [9.17, 15) is 4.79 Å². The van der Waals surface area contributed by atoms with Gasteiger partial charge < -0.3 is 11.1 Å². The van der Waals surface area contributed by atoms with Gasteiger partial charge in [-0.05, 0) is 31.2 Å². The number of hydrogen-bond donors (Lipinski definition) is 2. The Balaban J connectivity index is 1.86. The maximum atomic E-state index is 12.2. The first-order valence-corrected chi connectivity index (χ1v) is 7.09. The molecule has 106 valence electrons. The van der Waals surface area contributed by atoms with Gasteiger partial charge in [0.25, 0.3) is 5.91 Å². The van der Waals surface area contributed by atoms with Gasteiger partial charge in [-0.1, -0.05) is 0 Å². The van der Waals surface area contributed by atoms with Gasteiger partial charge in [-0.25, -0.2) is 9.67 Å². The SMILES string of the molecule is Cc1ncc(C(=O)Nc2ccnn2-c2ccc(N)cc2)s1. The first-order valence-electron chi connectivity index (χ1n) is 6.27. The highest BCUT2D eigenvalue weighted by atomic mass is 32.1. The Labute approximate surface area is 125 Å². The summed E-state index contributed by atoms with van der Waals surface area (Å²) < 4.78 is 1.64. The van der Waals surface area contributed by atoms with Crippen LogP contribution in [0.2, 0.25) is 0 Å². The molecule has 0 unspecified atom stereocenters. The van der Waals surface area contributed by atoms with Gasteiger partial charge in [0.2, 0.25) is 0 Å². The van der Waals surface area contributed by atoms with E-state index in [1.54, 1.807) is 35.3 Å². The Hall–Kier alpha value is -2.67. The molecule has 0 radical (unpaired) electrons. The molecule has 0 bridgehead atoms. The molecule has 0 saturated heterocycles.